The van der Waals surface area contributed by atoms with E-state index in [2.05, 4.69) is 46.2 Å². The smallest absolute Gasteiger partial charge is 0.191 e. The van der Waals surface area contributed by atoms with Crippen LogP contribution in [0.15, 0.2) is 4.99 Å². The minimum absolute atomic E-state index is 0. The van der Waals surface area contributed by atoms with Crippen molar-refractivity contribution in [2.24, 2.45) is 10.9 Å². The van der Waals surface area contributed by atoms with Gasteiger partial charge in [0.25, 0.3) is 0 Å². The average Bonchev–Trinajstić information content (AvgIpc) is 2.59. The van der Waals surface area contributed by atoms with E-state index < -0.39 is 0 Å². The fraction of sp³-hybridized carbons (Fsp3) is 0.947. The molecule has 0 aromatic heterocycles. The summed E-state index contributed by atoms with van der Waals surface area (Å²) in [5, 5.41) is 6.88. The van der Waals surface area contributed by atoms with E-state index in [1.807, 2.05) is 7.05 Å². The SMILES string of the molecule is CN=C(NCCN1CCCCC1C)NCC1CN(CC(C)C)CCO1.I. The van der Waals surface area contributed by atoms with Crippen LogP contribution in [0.1, 0.15) is 40.0 Å². The number of likely N-dealkylation sites (tertiary alicyclic amines) is 1. The van der Waals surface area contributed by atoms with Gasteiger partial charge in [0.1, 0.15) is 0 Å². The summed E-state index contributed by atoms with van der Waals surface area (Å²) in [5.74, 6) is 1.59. The third kappa shape index (κ3) is 8.71. The van der Waals surface area contributed by atoms with Gasteiger partial charge < -0.3 is 15.4 Å². The lowest BCUT2D eigenvalue weighted by molar-refractivity contribution is -0.0284. The average molecular weight is 481 g/mol. The highest BCUT2D eigenvalue weighted by Crippen LogP contribution is 2.15. The molecule has 2 atom stereocenters. The highest BCUT2D eigenvalue weighted by atomic mass is 127. The first kappa shape index (κ1) is 23.9. The summed E-state index contributed by atoms with van der Waals surface area (Å²) in [6.07, 6.45) is 4.29. The Kier molecular flexibility index (Phi) is 12.1. The zero-order valence-corrected chi connectivity index (χ0v) is 19.5. The van der Waals surface area contributed by atoms with Gasteiger partial charge in [0.05, 0.1) is 12.7 Å². The largest absolute Gasteiger partial charge is 0.374 e. The molecule has 7 heteroatoms. The highest BCUT2D eigenvalue weighted by molar-refractivity contribution is 14.0. The van der Waals surface area contributed by atoms with Crippen molar-refractivity contribution in [1.29, 1.82) is 0 Å². The first-order valence-corrected chi connectivity index (χ1v) is 10.1. The van der Waals surface area contributed by atoms with Crippen molar-refractivity contribution in [2.45, 2.75) is 52.2 Å². The summed E-state index contributed by atoms with van der Waals surface area (Å²) in [6, 6.07) is 0.716. The molecule has 2 aliphatic heterocycles. The minimum atomic E-state index is 0. The number of nitrogens with one attached hydrogen (secondary N) is 2. The molecule has 2 heterocycles. The molecule has 0 spiro atoms. The predicted octanol–water partition coefficient (Wildman–Crippen LogP) is 2.00. The van der Waals surface area contributed by atoms with Gasteiger partial charge in [0.2, 0.25) is 0 Å². The number of rotatable bonds is 7. The number of hydrogen-bond acceptors (Lipinski definition) is 4. The summed E-state index contributed by atoms with van der Waals surface area (Å²) < 4.78 is 5.90. The van der Waals surface area contributed by atoms with Gasteiger partial charge in [-0.05, 0) is 32.2 Å². The van der Waals surface area contributed by atoms with Gasteiger partial charge in [-0.25, -0.2) is 0 Å². The van der Waals surface area contributed by atoms with E-state index in [1.165, 1.54) is 25.8 Å². The molecule has 154 valence electrons. The van der Waals surface area contributed by atoms with Gasteiger partial charge in [0, 0.05) is 52.4 Å². The summed E-state index contributed by atoms with van der Waals surface area (Å²) in [5.41, 5.74) is 0. The summed E-state index contributed by atoms with van der Waals surface area (Å²) in [6.45, 7) is 15.0. The van der Waals surface area contributed by atoms with Crippen molar-refractivity contribution in [3.05, 3.63) is 0 Å². The van der Waals surface area contributed by atoms with Crippen molar-refractivity contribution >= 4 is 29.9 Å². The maximum atomic E-state index is 5.90. The van der Waals surface area contributed by atoms with Crippen LogP contribution in [0.4, 0.5) is 0 Å². The highest BCUT2D eigenvalue weighted by Gasteiger charge is 2.21. The van der Waals surface area contributed by atoms with Crippen LogP contribution in [-0.2, 0) is 4.74 Å². The maximum absolute atomic E-state index is 5.90. The van der Waals surface area contributed by atoms with E-state index >= 15 is 0 Å². The second-order valence-corrected chi connectivity index (χ2v) is 7.91. The number of aliphatic imine (C=N–C) groups is 1. The van der Waals surface area contributed by atoms with Crippen LogP contribution < -0.4 is 10.6 Å². The molecule has 0 bridgehead atoms. The Bertz CT molecular complexity index is 407. The second-order valence-electron chi connectivity index (χ2n) is 7.91. The van der Waals surface area contributed by atoms with Gasteiger partial charge in [-0.1, -0.05) is 20.3 Å². The van der Waals surface area contributed by atoms with Gasteiger partial charge >= 0.3 is 0 Å². The summed E-state index contributed by atoms with van der Waals surface area (Å²) in [7, 11) is 1.84. The molecule has 2 rings (SSSR count). The molecule has 2 fully saturated rings. The van der Waals surface area contributed by atoms with Crippen LogP contribution in [0, 0.1) is 5.92 Å². The standard InChI is InChI=1S/C19H39N5O.HI/c1-16(2)14-23-11-12-25-18(15-23)13-22-19(20-4)21-8-10-24-9-6-5-7-17(24)3;/h16-18H,5-15H2,1-4H3,(H2,20,21,22);1H. The molecule has 0 aromatic rings. The zero-order valence-electron chi connectivity index (χ0n) is 17.2. The molecule has 0 aromatic carbocycles. The Hall–Kier alpha value is -0.120. The van der Waals surface area contributed by atoms with E-state index in [4.69, 9.17) is 4.74 Å². The fourth-order valence-corrected chi connectivity index (χ4v) is 3.82. The number of hydrogen-bond donors (Lipinski definition) is 2. The van der Waals surface area contributed by atoms with Crippen molar-refractivity contribution in [1.82, 2.24) is 20.4 Å². The topological polar surface area (TPSA) is 52.1 Å². The first-order valence-electron chi connectivity index (χ1n) is 10.1. The van der Waals surface area contributed by atoms with Crippen molar-refractivity contribution in [2.75, 3.05) is 59.5 Å². The Labute approximate surface area is 177 Å². The normalized spacial score (nSPS) is 25.8. The molecular formula is C19H40IN5O. The van der Waals surface area contributed by atoms with Crippen LogP contribution in [-0.4, -0.2) is 87.4 Å². The summed E-state index contributed by atoms with van der Waals surface area (Å²) >= 11 is 0. The van der Waals surface area contributed by atoms with E-state index in [0.29, 0.717) is 12.0 Å². The molecule has 0 radical (unpaired) electrons. The third-order valence-electron chi connectivity index (χ3n) is 5.20. The molecule has 0 aliphatic carbocycles. The second kappa shape index (κ2) is 13.1. The van der Waals surface area contributed by atoms with Crippen molar-refractivity contribution in [3.63, 3.8) is 0 Å². The Morgan fingerprint density at radius 2 is 2.04 bits per heavy atom. The van der Waals surface area contributed by atoms with E-state index in [0.717, 1.165) is 51.8 Å². The van der Waals surface area contributed by atoms with Crippen molar-refractivity contribution in [3.8, 4) is 0 Å². The first-order chi connectivity index (χ1) is 12.1. The van der Waals surface area contributed by atoms with Crippen LogP contribution in [0.5, 0.6) is 0 Å². The van der Waals surface area contributed by atoms with Gasteiger partial charge in [0.15, 0.2) is 5.96 Å². The van der Waals surface area contributed by atoms with Crippen LogP contribution in [0.2, 0.25) is 0 Å². The minimum Gasteiger partial charge on any atom is -0.374 e. The lowest BCUT2D eigenvalue weighted by Gasteiger charge is -2.34. The number of nitrogens with zero attached hydrogens (tertiary/aromatic N) is 3. The molecule has 2 aliphatic rings. The van der Waals surface area contributed by atoms with E-state index in [9.17, 15) is 0 Å². The molecular weight excluding hydrogens is 441 g/mol. The predicted molar refractivity (Wildman–Crippen MR) is 121 cm³/mol. The van der Waals surface area contributed by atoms with E-state index in [-0.39, 0.29) is 30.1 Å². The molecule has 2 saturated heterocycles. The number of morpholine rings is 1. The Morgan fingerprint density at radius 1 is 1.23 bits per heavy atom. The lowest BCUT2D eigenvalue weighted by atomic mass is 10.0. The van der Waals surface area contributed by atoms with Gasteiger partial charge in [-0.15, -0.1) is 24.0 Å². The molecule has 2 N–H and O–H groups in total. The van der Waals surface area contributed by atoms with Crippen LogP contribution >= 0.6 is 24.0 Å². The fourth-order valence-electron chi connectivity index (χ4n) is 3.82. The number of ether oxygens (including phenoxy) is 1. The number of piperidine rings is 1. The quantitative estimate of drug-likeness (QED) is 0.331. The Morgan fingerprint density at radius 3 is 2.73 bits per heavy atom. The zero-order chi connectivity index (χ0) is 18.1. The molecule has 26 heavy (non-hydrogen) atoms. The molecule has 2 unspecified atom stereocenters. The maximum Gasteiger partial charge on any atom is 0.191 e. The molecule has 0 saturated carbocycles. The monoisotopic (exact) mass is 481 g/mol. The number of halogens is 1. The lowest BCUT2D eigenvalue weighted by Crippen LogP contribution is -2.51. The van der Waals surface area contributed by atoms with Gasteiger partial charge in [-0.3, -0.25) is 14.8 Å². The van der Waals surface area contributed by atoms with Crippen LogP contribution in [0.25, 0.3) is 0 Å². The molecule has 0 amide bonds. The Balaban J connectivity index is 0.00000338. The number of guanidine groups is 1. The van der Waals surface area contributed by atoms with Gasteiger partial charge in [-0.2, -0.15) is 0 Å². The summed E-state index contributed by atoms with van der Waals surface area (Å²) in [4.78, 5) is 9.44. The van der Waals surface area contributed by atoms with Crippen LogP contribution in [0.3, 0.4) is 0 Å². The third-order valence-corrected chi connectivity index (χ3v) is 5.20. The van der Waals surface area contributed by atoms with E-state index in [1.54, 1.807) is 0 Å². The van der Waals surface area contributed by atoms with Crippen molar-refractivity contribution < 1.29 is 4.74 Å². The molecule has 6 nitrogen and oxygen atoms in total.